The molecule has 2 rings (SSSR count). The van der Waals surface area contributed by atoms with Gasteiger partial charge in [-0.15, -0.1) is 0 Å². The predicted octanol–water partition coefficient (Wildman–Crippen LogP) is 1.45. The first-order chi connectivity index (χ1) is 10.0. The fourth-order valence-corrected chi connectivity index (χ4v) is 2.16. The molecule has 21 heavy (non-hydrogen) atoms. The summed E-state index contributed by atoms with van der Waals surface area (Å²) in [7, 11) is 3.11. The van der Waals surface area contributed by atoms with Crippen LogP contribution in [0.1, 0.15) is 5.56 Å². The molecule has 2 aromatic rings. The largest absolute Gasteiger partial charge is 0.493 e. The molecule has 0 atom stereocenters. The number of hydrogen-bond acceptors (Lipinski definition) is 4. The highest BCUT2D eigenvalue weighted by Crippen LogP contribution is 2.27. The molecule has 1 aromatic carbocycles. The monoisotopic (exact) mass is 310 g/mol. The van der Waals surface area contributed by atoms with Gasteiger partial charge in [0.25, 0.3) is 5.56 Å². The van der Waals surface area contributed by atoms with Crippen molar-refractivity contribution in [3.05, 3.63) is 55.8 Å². The lowest BCUT2D eigenvalue weighted by molar-refractivity contribution is 0.354. The van der Waals surface area contributed by atoms with Crippen molar-refractivity contribution in [1.82, 2.24) is 9.55 Å². The SMILES string of the molecule is COc1ccc(CCn2c(=O)cc(Cl)[nH]c2=O)cc1OC. The van der Waals surface area contributed by atoms with Crippen molar-refractivity contribution >= 4 is 11.6 Å². The highest BCUT2D eigenvalue weighted by molar-refractivity contribution is 6.29. The number of ether oxygens (including phenoxy) is 2. The number of H-pyrrole nitrogens is 1. The fourth-order valence-electron chi connectivity index (χ4n) is 1.98. The molecule has 0 radical (unpaired) electrons. The summed E-state index contributed by atoms with van der Waals surface area (Å²) in [6.45, 7) is 0.251. The van der Waals surface area contributed by atoms with E-state index >= 15 is 0 Å². The van der Waals surface area contributed by atoms with Gasteiger partial charge in [-0.2, -0.15) is 0 Å². The van der Waals surface area contributed by atoms with Gasteiger partial charge >= 0.3 is 5.69 Å². The lowest BCUT2D eigenvalue weighted by Crippen LogP contribution is -2.35. The van der Waals surface area contributed by atoms with E-state index in [4.69, 9.17) is 21.1 Å². The minimum Gasteiger partial charge on any atom is -0.493 e. The van der Waals surface area contributed by atoms with Crippen molar-refractivity contribution in [3.8, 4) is 11.5 Å². The van der Waals surface area contributed by atoms with Crippen LogP contribution in [-0.2, 0) is 13.0 Å². The first-order valence-corrected chi connectivity index (χ1v) is 6.63. The number of hydrogen-bond donors (Lipinski definition) is 1. The van der Waals surface area contributed by atoms with E-state index in [1.165, 1.54) is 6.07 Å². The molecule has 7 heteroatoms. The van der Waals surface area contributed by atoms with Crippen molar-refractivity contribution in [3.63, 3.8) is 0 Å². The van der Waals surface area contributed by atoms with Crippen molar-refractivity contribution < 1.29 is 9.47 Å². The molecule has 0 aliphatic carbocycles. The Hall–Kier alpha value is -2.21. The molecule has 0 unspecified atom stereocenters. The Morgan fingerprint density at radius 2 is 1.86 bits per heavy atom. The number of halogens is 1. The molecule has 0 spiro atoms. The molecule has 6 nitrogen and oxygen atoms in total. The van der Waals surface area contributed by atoms with Crippen LogP contribution in [0.5, 0.6) is 11.5 Å². The van der Waals surface area contributed by atoms with Gasteiger partial charge in [0, 0.05) is 12.6 Å². The van der Waals surface area contributed by atoms with Crippen molar-refractivity contribution in [2.24, 2.45) is 0 Å². The number of aromatic amines is 1. The van der Waals surface area contributed by atoms with Crippen LogP contribution in [0, 0.1) is 0 Å². The van der Waals surface area contributed by atoms with Crippen molar-refractivity contribution in [2.45, 2.75) is 13.0 Å². The molecule has 1 aromatic heterocycles. The van der Waals surface area contributed by atoms with Crippen LogP contribution in [-0.4, -0.2) is 23.8 Å². The van der Waals surface area contributed by atoms with Gasteiger partial charge < -0.3 is 9.47 Å². The van der Waals surface area contributed by atoms with Gasteiger partial charge in [0.15, 0.2) is 11.5 Å². The summed E-state index contributed by atoms with van der Waals surface area (Å²) in [4.78, 5) is 25.8. The first kappa shape index (κ1) is 15.2. The van der Waals surface area contributed by atoms with Crippen LogP contribution in [0.4, 0.5) is 0 Å². The lowest BCUT2D eigenvalue weighted by atomic mass is 10.1. The maximum absolute atomic E-state index is 11.7. The number of aryl methyl sites for hydroxylation is 1. The Morgan fingerprint density at radius 1 is 1.14 bits per heavy atom. The zero-order valence-electron chi connectivity index (χ0n) is 11.7. The highest BCUT2D eigenvalue weighted by atomic mass is 35.5. The molecule has 1 N–H and O–H groups in total. The van der Waals surface area contributed by atoms with Gasteiger partial charge in [0.2, 0.25) is 0 Å². The van der Waals surface area contributed by atoms with E-state index in [9.17, 15) is 9.59 Å². The normalized spacial score (nSPS) is 10.4. The summed E-state index contributed by atoms with van der Waals surface area (Å²) in [5.74, 6) is 1.23. The van der Waals surface area contributed by atoms with E-state index in [1.807, 2.05) is 12.1 Å². The third-order valence-corrected chi connectivity index (χ3v) is 3.26. The van der Waals surface area contributed by atoms with Gasteiger partial charge in [-0.3, -0.25) is 14.3 Å². The molecule has 0 saturated heterocycles. The molecular weight excluding hydrogens is 296 g/mol. The smallest absolute Gasteiger partial charge is 0.329 e. The zero-order chi connectivity index (χ0) is 15.4. The lowest BCUT2D eigenvalue weighted by Gasteiger charge is -2.10. The van der Waals surface area contributed by atoms with Crippen molar-refractivity contribution in [2.75, 3.05) is 14.2 Å². The Balaban J connectivity index is 2.21. The van der Waals surface area contributed by atoms with Crippen LogP contribution < -0.4 is 20.7 Å². The number of aromatic nitrogens is 2. The predicted molar refractivity (Wildman–Crippen MR) is 79.6 cm³/mol. The second-order valence-electron chi connectivity index (χ2n) is 4.35. The first-order valence-electron chi connectivity index (χ1n) is 6.25. The quantitative estimate of drug-likeness (QED) is 0.848. The number of nitrogens with zero attached hydrogens (tertiary/aromatic N) is 1. The van der Waals surface area contributed by atoms with E-state index in [0.29, 0.717) is 17.9 Å². The summed E-state index contributed by atoms with van der Waals surface area (Å²) in [6, 6.07) is 6.63. The average Bonchev–Trinajstić information content (AvgIpc) is 2.45. The van der Waals surface area contributed by atoms with Crippen LogP contribution in [0.15, 0.2) is 33.9 Å². The van der Waals surface area contributed by atoms with Crippen LogP contribution in [0.25, 0.3) is 0 Å². The van der Waals surface area contributed by atoms with Gasteiger partial charge in [0.05, 0.1) is 14.2 Å². The zero-order valence-corrected chi connectivity index (χ0v) is 12.4. The van der Waals surface area contributed by atoms with Crippen LogP contribution in [0.3, 0.4) is 0 Å². The fraction of sp³-hybridized carbons (Fsp3) is 0.286. The molecule has 0 fully saturated rings. The summed E-state index contributed by atoms with van der Waals surface area (Å²) >= 11 is 5.61. The third kappa shape index (κ3) is 3.46. The minimum atomic E-state index is -0.520. The van der Waals surface area contributed by atoms with Crippen LogP contribution >= 0.6 is 11.6 Å². The van der Waals surface area contributed by atoms with E-state index in [2.05, 4.69) is 4.98 Å². The molecule has 112 valence electrons. The molecule has 0 amide bonds. The van der Waals surface area contributed by atoms with Gasteiger partial charge in [-0.1, -0.05) is 17.7 Å². The Labute approximate surface area is 125 Å². The number of nitrogens with one attached hydrogen (secondary N) is 1. The Kier molecular flexibility index (Phi) is 4.70. The highest BCUT2D eigenvalue weighted by Gasteiger charge is 2.07. The Bertz CT molecular complexity index is 720. The van der Waals surface area contributed by atoms with Gasteiger partial charge in [-0.25, -0.2) is 4.79 Å². The molecule has 0 saturated carbocycles. The van der Waals surface area contributed by atoms with E-state index in [1.54, 1.807) is 20.3 Å². The molecule has 0 bridgehead atoms. The summed E-state index contributed by atoms with van der Waals surface area (Å²) in [5, 5.41) is 0.0346. The molecular formula is C14H15ClN2O4. The number of rotatable bonds is 5. The maximum atomic E-state index is 11.7. The number of benzene rings is 1. The number of methoxy groups -OCH3 is 2. The average molecular weight is 311 g/mol. The topological polar surface area (TPSA) is 73.3 Å². The summed E-state index contributed by atoms with van der Waals surface area (Å²) in [5.41, 5.74) is -0.0221. The molecule has 1 heterocycles. The Morgan fingerprint density at radius 3 is 2.48 bits per heavy atom. The van der Waals surface area contributed by atoms with Crippen LogP contribution in [0.2, 0.25) is 5.15 Å². The molecule has 0 aliphatic heterocycles. The second-order valence-corrected chi connectivity index (χ2v) is 4.76. The van der Waals surface area contributed by atoms with Crippen molar-refractivity contribution in [1.29, 1.82) is 0 Å². The maximum Gasteiger partial charge on any atom is 0.329 e. The summed E-state index contributed by atoms with van der Waals surface area (Å²) < 4.78 is 11.5. The molecule has 0 aliphatic rings. The van der Waals surface area contributed by atoms with Gasteiger partial charge in [0.1, 0.15) is 5.15 Å². The third-order valence-electron chi connectivity index (χ3n) is 3.06. The minimum absolute atomic E-state index is 0.0346. The second kappa shape index (κ2) is 6.49. The summed E-state index contributed by atoms with van der Waals surface area (Å²) in [6.07, 6.45) is 0.505. The van der Waals surface area contributed by atoms with E-state index < -0.39 is 11.2 Å². The van der Waals surface area contributed by atoms with Gasteiger partial charge in [-0.05, 0) is 24.1 Å². The van der Waals surface area contributed by atoms with E-state index in [0.717, 1.165) is 10.1 Å². The van der Waals surface area contributed by atoms with E-state index in [-0.39, 0.29) is 11.7 Å². The standard InChI is InChI=1S/C14H15ClN2O4/c1-20-10-4-3-9(7-11(10)21-2)5-6-17-13(18)8-12(15)16-14(17)19/h3-4,7-8H,5-6H2,1-2H3,(H,16,19).